The summed E-state index contributed by atoms with van der Waals surface area (Å²) in [5.41, 5.74) is 8.49. The average molecular weight is 284 g/mol. The van der Waals surface area contributed by atoms with E-state index < -0.39 is 0 Å². The molecule has 1 heterocycles. The molecule has 2 aromatic carbocycles. The summed E-state index contributed by atoms with van der Waals surface area (Å²) in [6.07, 6.45) is 2.06. The fourth-order valence-corrected chi connectivity index (χ4v) is 3.23. The maximum Gasteiger partial charge on any atom is 0.125 e. The predicted octanol–water partition coefficient (Wildman–Crippen LogP) is 3.22. The maximum atomic E-state index is 13.4. The highest BCUT2D eigenvalue weighted by Crippen LogP contribution is 2.25. The predicted molar refractivity (Wildman–Crippen MR) is 84.8 cm³/mol. The first-order chi connectivity index (χ1) is 10.2. The SMILES string of the molecule is NC1CC(Cc2ccccc2)CN(c2cccc(F)c2)C1. The Morgan fingerprint density at radius 2 is 1.86 bits per heavy atom. The topological polar surface area (TPSA) is 29.3 Å². The monoisotopic (exact) mass is 284 g/mol. The van der Waals surface area contributed by atoms with Gasteiger partial charge in [0.15, 0.2) is 0 Å². The van der Waals surface area contributed by atoms with Gasteiger partial charge in [0.1, 0.15) is 5.82 Å². The van der Waals surface area contributed by atoms with Crippen molar-refractivity contribution < 1.29 is 4.39 Å². The Bertz CT molecular complexity index is 585. The Morgan fingerprint density at radius 3 is 2.62 bits per heavy atom. The third kappa shape index (κ3) is 3.61. The van der Waals surface area contributed by atoms with Crippen LogP contribution in [0, 0.1) is 11.7 Å². The molecular weight excluding hydrogens is 263 g/mol. The number of piperidine rings is 1. The molecule has 1 aliphatic heterocycles. The summed E-state index contributed by atoms with van der Waals surface area (Å²) in [6, 6.07) is 17.4. The second-order valence-corrected chi connectivity index (χ2v) is 5.94. The zero-order chi connectivity index (χ0) is 14.7. The maximum absolute atomic E-state index is 13.4. The first kappa shape index (κ1) is 14.1. The lowest BCUT2D eigenvalue weighted by atomic mass is 9.89. The van der Waals surface area contributed by atoms with Crippen molar-refractivity contribution in [3.8, 4) is 0 Å². The molecule has 0 radical (unpaired) electrons. The van der Waals surface area contributed by atoms with Gasteiger partial charge < -0.3 is 10.6 Å². The molecule has 1 aliphatic rings. The molecule has 2 nitrogen and oxygen atoms in total. The summed E-state index contributed by atoms with van der Waals surface area (Å²) < 4.78 is 13.4. The summed E-state index contributed by atoms with van der Waals surface area (Å²) in [5.74, 6) is 0.325. The van der Waals surface area contributed by atoms with Gasteiger partial charge in [-0.15, -0.1) is 0 Å². The molecule has 3 heteroatoms. The zero-order valence-electron chi connectivity index (χ0n) is 12.1. The average Bonchev–Trinajstić information content (AvgIpc) is 2.48. The summed E-state index contributed by atoms with van der Waals surface area (Å²) in [5, 5.41) is 0. The summed E-state index contributed by atoms with van der Waals surface area (Å²) >= 11 is 0. The van der Waals surface area contributed by atoms with Gasteiger partial charge in [-0.05, 0) is 42.5 Å². The smallest absolute Gasteiger partial charge is 0.125 e. The molecule has 0 aliphatic carbocycles. The first-order valence-electron chi connectivity index (χ1n) is 7.51. The highest BCUT2D eigenvalue weighted by atomic mass is 19.1. The van der Waals surface area contributed by atoms with E-state index in [-0.39, 0.29) is 11.9 Å². The van der Waals surface area contributed by atoms with Crippen LogP contribution in [0.2, 0.25) is 0 Å². The minimum atomic E-state index is -0.189. The molecule has 2 unspecified atom stereocenters. The molecule has 21 heavy (non-hydrogen) atoms. The highest BCUT2D eigenvalue weighted by Gasteiger charge is 2.25. The fourth-order valence-electron chi connectivity index (χ4n) is 3.23. The second kappa shape index (κ2) is 6.27. The fraction of sp³-hybridized carbons (Fsp3) is 0.333. The van der Waals surface area contributed by atoms with Crippen molar-refractivity contribution in [1.29, 1.82) is 0 Å². The van der Waals surface area contributed by atoms with E-state index in [0.717, 1.165) is 31.6 Å². The Morgan fingerprint density at radius 1 is 1.05 bits per heavy atom. The van der Waals surface area contributed by atoms with Crippen molar-refractivity contribution in [1.82, 2.24) is 0 Å². The van der Waals surface area contributed by atoms with Gasteiger partial charge in [0.2, 0.25) is 0 Å². The van der Waals surface area contributed by atoms with Crippen molar-refractivity contribution in [3.05, 3.63) is 66.0 Å². The number of benzene rings is 2. The molecule has 1 saturated heterocycles. The Kier molecular flexibility index (Phi) is 4.20. The van der Waals surface area contributed by atoms with E-state index in [4.69, 9.17) is 5.73 Å². The van der Waals surface area contributed by atoms with E-state index in [0.29, 0.717) is 5.92 Å². The molecule has 0 amide bonds. The molecule has 110 valence electrons. The molecule has 0 spiro atoms. The van der Waals surface area contributed by atoms with Crippen LogP contribution in [0.4, 0.5) is 10.1 Å². The number of rotatable bonds is 3. The third-order valence-corrected chi connectivity index (χ3v) is 4.11. The van der Waals surface area contributed by atoms with Crippen molar-refractivity contribution in [2.75, 3.05) is 18.0 Å². The normalized spacial score (nSPS) is 22.3. The van der Waals surface area contributed by atoms with E-state index in [9.17, 15) is 4.39 Å². The standard InChI is InChI=1S/C18H21FN2/c19-16-7-4-8-18(11-16)21-12-15(10-17(20)13-21)9-14-5-2-1-3-6-14/h1-8,11,15,17H,9-10,12-13,20H2. The molecule has 2 atom stereocenters. The highest BCUT2D eigenvalue weighted by molar-refractivity contribution is 5.47. The Hall–Kier alpha value is -1.87. The van der Waals surface area contributed by atoms with Crippen LogP contribution in [0.5, 0.6) is 0 Å². The first-order valence-corrected chi connectivity index (χ1v) is 7.51. The molecule has 0 aromatic heterocycles. The summed E-state index contributed by atoms with van der Waals surface area (Å²) in [7, 11) is 0. The lowest BCUT2D eigenvalue weighted by Gasteiger charge is -2.38. The number of anilines is 1. The number of nitrogens with zero attached hydrogens (tertiary/aromatic N) is 1. The van der Waals surface area contributed by atoms with Gasteiger partial charge in [0.25, 0.3) is 0 Å². The van der Waals surface area contributed by atoms with Crippen LogP contribution in [0.1, 0.15) is 12.0 Å². The molecule has 3 rings (SSSR count). The molecule has 2 aromatic rings. The van der Waals surface area contributed by atoms with E-state index in [1.807, 2.05) is 12.1 Å². The van der Waals surface area contributed by atoms with Crippen LogP contribution in [-0.4, -0.2) is 19.1 Å². The van der Waals surface area contributed by atoms with Crippen molar-refractivity contribution in [2.45, 2.75) is 18.9 Å². The number of nitrogens with two attached hydrogens (primary N) is 1. The van der Waals surface area contributed by atoms with Gasteiger partial charge in [-0.25, -0.2) is 4.39 Å². The van der Waals surface area contributed by atoms with Gasteiger partial charge in [-0.3, -0.25) is 0 Å². The van der Waals surface area contributed by atoms with E-state index in [1.165, 1.54) is 11.6 Å². The van der Waals surface area contributed by atoms with Gasteiger partial charge in [0, 0.05) is 24.8 Å². The Balaban J connectivity index is 1.72. The third-order valence-electron chi connectivity index (χ3n) is 4.11. The van der Waals surface area contributed by atoms with Crippen LogP contribution in [0.3, 0.4) is 0 Å². The van der Waals surface area contributed by atoms with Gasteiger partial charge in [0.05, 0.1) is 0 Å². The van der Waals surface area contributed by atoms with E-state index in [1.54, 1.807) is 12.1 Å². The molecular formula is C18H21FN2. The van der Waals surface area contributed by atoms with Crippen LogP contribution >= 0.6 is 0 Å². The summed E-state index contributed by atoms with van der Waals surface area (Å²) in [6.45, 7) is 1.74. The Labute approximate surface area is 125 Å². The summed E-state index contributed by atoms with van der Waals surface area (Å²) in [4.78, 5) is 2.21. The van der Waals surface area contributed by atoms with E-state index >= 15 is 0 Å². The van der Waals surface area contributed by atoms with Crippen molar-refractivity contribution >= 4 is 5.69 Å². The number of halogens is 1. The molecule has 1 fully saturated rings. The molecule has 2 N–H and O–H groups in total. The molecule has 0 bridgehead atoms. The van der Waals surface area contributed by atoms with Crippen LogP contribution < -0.4 is 10.6 Å². The quantitative estimate of drug-likeness (QED) is 0.937. The van der Waals surface area contributed by atoms with Gasteiger partial charge in [-0.1, -0.05) is 36.4 Å². The van der Waals surface area contributed by atoms with Gasteiger partial charge >= 0.3 is 0 Å². The lowest BCUT2D eigenvalue weighted by molar-refractivity contribution is 0.374. The lowest BCUT2D eigenvalue weighted by Crippen LogP contribution is -2.47. The van der Waals surface area contributed by atoms with Gasteiger partial charge in [-0.2, -0.15) is 0 Å². The van der Waals surface area contributed by atoms with Crippen molar-refractivity contribution in [2.24, 2.45) is 11.7 Å². The van der Waals surface area contributed by atoms with Crippen LogP contribution in [0.25, 0.3) is 0 Å². The van der Waals surface area contributed by atoms with Crippen molar-refractivity contribution in [3.63, 3.8) is 0 Å². The van der Waals surface area contributed by atoms with E-state index in [2.05, 4.69) is 29.2 Å². The zero-order valence-corrected chi connectivity index (χ0v) is 12.1. The number of hydrogen-bond acceptors (Lipinski definition) is 2. The number of hydrogen-bond donors (Lipinski definition) is 1. The molecule has 0 saturated carbocycles. The minimum Gasteiger partial charge on any atom is -0.370 e. The largest absolute Gasteiger partial charge is 0.370 e. The second-order valence-electron chi connectivity index (χ2n) is 5.94. The van der Waals surface area contributed by atoms with Crippen LogP contribution in [-0.2, 0) is 6.42 Å². The van der Waals surface area contributed by atoms with Crippen LogP contribution in [0.15, 0.2) is 54.6 Å². The minimum absolute atomic E-state index is 0.149.